The predicted octanol–water partition coefficient (Wildman–Crippen LogP) is 6.07. The van der Waals surface area contributed by atoms with Crippen LogP contribution in [0.5, 0.6) is 0 Å². The number of pyridine rings is 1. The third kappa shape index (κ3) is 4.04. The molecule has 4 aromatic rings. The van der Waals surface area contributed by atoms with Crippen molar-refractivity contribution < 1.29 is 35.9 Å². The number of aryl methyl sites for hydroxylation is 2. The molecule has 3 heterocycles. The second-order valence-corrected chi connectivity index (χ2v) is 8.58. The molecule has 0 unspecified atom stereocenters. The molecule has 12 heteroatoms. The van der Waals surface area contributed by atoms with E-state index < -0.39 is 35.6 Å². The Morgan fingerprint density at radius 3 is 2.36 bits per heavy atom. The third-order valence-corrected chi connectivity index (χ3v) is 6.17. The van der Waals surface area contributed by atoms with E-state index in [4.69, 9.17) is 4.74 Å². The lowest BCUT2D eigenvalue weighted by Gasteiger charge is -2.27. The monoisotopic (exact) mass is 508 g/mol. The minimum Gasteiger partial charge on any atom is -0.374 e. The normalized spacial score (nSPS) is 16.4. The van der Waals surface area contributed by atoms with Crippen molar-refractivity contribution in [3.8, 4) is 0 Å². The highest BCUT2D eigenvalue weighted by Gasteiger charge is 2.34. The van der Waals surface area contributed by atoms with Gasteiger partial charge in [0.15, 0.2) is 0 Å². The maximum Gasteiger partial charge on any atom is 0.416 e. The summed E-state index contributed by atoms with van der Waals surface area (Å²) in [5, 5.41) is 7.84. The van der Waals surface area contributed by atoms with Gasteiger partial charge >= 0.3 is 18.4 Å². The first-order valence-corrected chi connectivity index (χ1v) is 10.8. The molecule has 0 saturated heterocycles. The number of aromatic nitrogens is 3. The largest absolute Gasteiger partial charge is 0.416 e. The lowest BCUT2D eigenvalue weighted by Crippen LogP contribution is -2.37. The van der Waals surface area contributed by atoms with E-state index in [1.54, 1.807) is 13.8 Å². The Bertz CT molecular complexity index is 1520. The molecular formula is C24H18F6N4O2. The Hall–Kier alpha value is -3.67. The van der Waals surface area contributed by atoms with Crippen LogP contribution in [0.4, 0.5) is 31.1 Å². The van der Waals surface area contributed by atoms with Crippen molar-refractivity contribution in [2.75, 3.05) is 6.61 Å². The molecule has 1 aliphatic heterocycles. The fourth-order valence-electron chi connectivity index (χ4n) is 4.55. The van der Waals surface area contributed by atoms with Gasteiger partial charge in [0.2, 0.25) is 0 Å². The van der Waals surface area contributed by atoms with E-state index in [0.29, 0.717) is 33.3 Å². The van der Waals surface area contributed by atoms with Gasteiger partial charge in [0.25, 0.3) is 0 Å². The summed E-state index contributed by atoms with van der Waals surface area (Å²) < 4.78 is 85.4. The Morgan fingerprint density at radius 1 is 1.00 bits per heavy atom. The fourth-order valence-corrected chi connectivity index (χ4v) is 4.55. The van der Waals surface area contributed by atoms with Crippen LogP contribution in [0.15, 0.2) is 36.4 Å². The first kappa shape index (κ1) is 24.0. The Kier molecular flexibility index (Phi) is 5.47. The number of nitrogens with one attached hydrogen (secondary N) is 1. The number of alkyl halides is 6. The van der Waals surface area contributed by atoms with Gasteiger partial charge in [-0.3, -0.25) is 4.98 Å². The van der Waals surface area contributed by atoms with Gasteiger partial charge in [-0.15, -0.1) is 0 Å². The molecule has 0 fully saturated rings. The van der Waals surface area contributed by atoms with Crippen LogP contribution in [0.2, 0.25) is 0 Å². The summed E-state index contributed by atoms with van der Waals surface area (Å²) in [5.74, 6) is 0. The zero-order valence-corrected chi connectivity index (χ0v) is 18.9. The van der Waals surface area contributed by atoms with Crippen molar-refractivity contribution in [1.29, 1.82) is 0 Å². The lowest BCUT2D eigenvalue weighted by atomic mass is 9.96. The van der Waals surface area contributed by atoms with Crippen molar-refractivity contribution in [2.24, 2.45) is 0 Å². The molecule has 6 nitrogen and oxygen atoms in total. The molecule has 2 aromatic carbocycles. The van der Waals surface area contributed by atoms with Crippen molar-refractivity contribution in [3.63, 3.8) is 0 Å². The molecule has 0 radical (unpaired) electrons. The maximum absolute atomic E-state index is 13.3. The average Bonchev–Trinajstić information content (AvgIpc) is 3.15. The van der Waals surface area contributed by atoms with Crippen LogP contribution in [0, 0.1) is 13.8 Å². The topological polar surface area (TPSA) is 69.0 Å². The molecule has 2 aromatic heterocycles. The fraction of sp³-hybridized carbons (Fsp3) is 0.292. The van der Waals surface area contributed by atoms with Crippen molar-refractivity contribution in [2.45, 2.75) is 38.8 Å². The summed E-state index contributed by atoms with van der Waals surface area (Å²) >= 11 is 0. The first-order chi connectivity index (χ1) is 16.8. The third-order valence-electron chi connectivity index (χ3n) is 6.17. The second-order valence-electron chi connectivity index (χ2n) is 8.58. The summed E-state index contributed by atoms with van der Waals surface area (Å²) in [7, 11) is 0. The highest BCUT2D eigenvalue weighted by Crippen LogP contribution is 2.36. The number of fused-ring (bicyclic) bond motifs is 4. The molecule has 0 bridgehead atoms. The molecule has 5 rings (SSSR count). The summed E-state index contributed by atoms with van der Waals surface area (Å²) in [4.78, 5) is 17.6. The van der Waals surface area contributed by atoms with E-state index >= 15 is 0 Å². The van der Waals surface area contributed by atoms with Crippen molar-refractivity contribution in [1.82, 2.24) is 20.1 Å². The van der Waals surface area contributed by atoms with Crippen LogP contribution < -0.4 is 5.32 Å². The number of ether oxygens (including phenoxy) is 1. The summed E-state index contributed by atoms with van der Waals surface area (Å²) in [6.07, 6.45) is -9.08. The Labute approximate surface area is 199 Å². The second kappa shape index (κ2) is 8.19. The summed E-state index contributed by atoms with van der Waals surface area (Å²) in [6, 6.07) is 4.84. The lowest BCUT2D eigenvalue weighted by molar-refractivity contribution is -0.138. The molecule has 1 aliphatic rings. The molecule has 36 heavy (non-hydrogen) atoms. The van der Waals surface area contributed by atoms with Crippen molar-refractivity contribution in [3.05, 3.63) is 70.0 Å². The molecule has 0 aliphatic carbocycles. The highest BCUT2D eigenvalue weighted by atomic mass is 19.4. The van der Waals surface area contributed by atoms with Crippen molar-refractivity contribution >= 4 is 27.8 Å². The van der Waals surface area contributed by atoms with Gasteiger partial charge in [0.05, 0.1) is 47.1 Å². The number of halogens is 6. The van der Waals surface area contributed by atoms with Crippen LogP contribution in [0.1, 0.15) is 39.7 Å². The van der Waals surface area contributed by atoms with Gasteiger partial charge in [-0.05, 0) is 49.2 Å². The van der Waals surface area contributed by atoms with Gasteiger partial charge in [-0.1, -0.05) is 12.1 Å². The van der Waals surface area contributed by atoms with E-state index in [9.17, 15) is 31.1 Å². The van der Waals surface area contributed by atoms with Gasteiger partial charge in [-0.25, -0.2) is 4.79 Å². The van der Waals surface area contributed by atoms with Crippen LogP contribution in [-0.2, 0) is 23.7 Å². The molecular weight excluding hydrogens is 490 g/mol. The van der Waals surface area contributed by atoms with E-state index in [0.717, 1.165) is 28.9 Å². The number of carbonyl (C=O) groups is 1. The quantitative estimate of drug-likeness (QED) is 0.317. The van der Waals surface area contributed by atoms with Crippen LogP contribution in [0.3, 0.4) is 0 Å². The maximum atomic E-state index is 13.3. The number of amides is 1. The summed E-state index contributed by atoms with van der Waals surface area (Å²) in [5.41, 5.74) is 0.268. The predicted molar refractivity (Wildman–Crippen MR) is 117 cm³/mol. The number of benzene rings is 2. The first-order valence-electron chi connectivity index (χ1n) is 10.8. The van der Waals surface area contributed by atoms with Gasteiger partial charge in [-0.2, -0.15) is 36.1 Å². The van der Waals surface area contributed by atoms with E-state index in [1.807, 2.05) is 0 Å². The Morgan fingerprint density at radius 2 is 1.67 bits per heavy atom. The molecule has 0 spiro atoms. The van der Waals surface area contributed by atoms with Gasteiger partial charge < -0.3 is 10.1 Å². The van der Waals surface area contributed by atoms with E-state index in [1.165, 1.54) is 12.1 Å². The number of rotatable bonds is 1. The minimum atomic E-state index is -4.56. The average molecular weight is 508 g/mol. The van der Waals surface area contributed by atoms with Gasteiger partial charge in [0, 0.05) is 16.5 Å². The zero-order chi connectivity index (χ0) is 26.0. The molecule has 1 amide bonds. The number of hydrogen-bond donors (Lipinski definition) is 1. The minimum absolute atomic E-state index is 0.0264. The molecule has 188 valence electrons. The van der Waals surface area contributed by atoms with E-state index in [-0.39, 0.29) is 24.2 Å². The number of nitrogens with zero attached hydrogens (tertiary/aromatic N) is 3. The van der Waals surface area contributed by atoms with Crippen LogP contribution >= 0.6 is 0 Å². The smallest absolute Gasteiger partial charge is 0.374 e. The highest BCUT2D eigenvalue weighted by molar-refractivity contribution is 6.09. The number of hydrogen-bond acceptors (Lipinski definition) is 4. The zero-order valence-electron chi connectivity index (χ0n) is 18.9. The van der Waals surface area contributed by atoms with Crippen LogP contribution in [-0.4, -0.2) is 27.4 Å². The number of carbonyl (C=O) groups excluding carboxylic acids is 1. The molecule has 1 N–H and O–H groups in total. The van der Waals surface area contributed by atoms with E-state index in [2.05, 4.69) is 15.4 Å². The SMILES string of the molecule is Cc1nc2cc(C(F)(F)F)ccc2c2c1c(C)nn2C(=O)N[C@@H]1COCc2cc(C(F)(F)F)ccc21. The van der Waals surface area contributed by atoms with Gasteiger partial charge in [0.1, 0.15) is 0 Å². The summed E-state index contributed by atoms with van der Waals surface area (Å²) in [6.45, 7) is 3.25. The Balaban J connectivity index is 1.56. The van der Waals surface area contributed by atoms with Crippen LogP contribution in [0.25, 0.3) is 21.8 Å². The molecule has 0 saturated carbocycles. The standard InChI is InChI=1S/C24H18F6N4O2/c1-11-20-12(2)33-34(21(20)17-6-4-15(24(28,29)30)8-18(17)31-11)22(35)32-19-10-36-9-13-7-14(23(25,26)27)3-5-16(13)19/h3-8,19H,9-10H2,1-2H3,(H,32,35)/t19-/m1/s1. The molecule has 1 atom stereocenters.